The fourth-order valence-electron chi connectivity index (χ4n) is 2.15. The van der Waals surface area contributed by atoms with E-state index in [1.54, 1.807) is 0 Å². The standard InChI is InChI=1S/C13H14ClF4NO/c14-9-4-2-1-3-8-10(5-6-19-11(8)9)20-7-13(17,18)12(15)16/h5-6,9,12H,1-4,7H2. The van der Waals surface area contributed by atoms with E-state index >= 15 is 0 Å². The van der Waals surface area contributed by atoms with E-state index in [-0.39, 0.29) is 11.1 Å². The van der Waals surface area contributed by atoms with Crippen molar-refractivity contribution in [1.29, 1.82) is 0 Å². The number of ether oxygens (including phenoxy) is 1. The molecule has 1 heterocycles. The van der Waals surface area contributed by atoms with Gasteiger partial charge < -0.3 is 4.74 Å². The largest absolute Gasteiger partial charge is 0.487 e. The maximum Gasteiger partial charge on any atom is 0.340 e. The summed E-state index contributed by atoms with van der Waals surface area (Å²) in [5.41, 5.74) is 1.25. The normalized spacial score (nSPS) is 19.6. The number of aromatic nitrogens is 1. The molecule has 0 bridgehead atoms. The van der Waals surface area contributed by atoms with Gasteiger partial charge in [-0.05, 0) is 25.3 Å². The number of halogens is 5. The van der Waals surface area contributed by atoms with Crippen molar-refractivity contribution in [2.75, 3.05) is 6.61 Å². The third kappa shape index (κ3) is 3.34. The van der Waals surface area contributed by atoms with Crippen LogP contribution >= 0.6 is 11.6 Å². The number of alkyl halides is 5. The summed E-state index contributed by atoms with van der Waals surface area (Å²) < 4.78 is 55.0. The summed E-state index contributed by atoms with van der Waals surface area (Å²) in [6.45, 7) is -1.35. The van der Waals surface area contributed by atoms with Crippen LogP contribution in [-0.4, -0.2) is 23.9 Å². The molecule has 0 spiro atoms. The Morgan fingerprint density at radius 1 is 1.40 bits per heavy atom. The van der Waals surface area contributed by atoms with Crippen molar-refractivity contribution >= 4 is 11.6 Å². The van der Waals surface area contributed by atoms with E-state index in [2.05, 4.69) is 4.98 Å². The molecule has 0 saturated carbocycles. The highest BCUT2D eigenvalue weighted by atomic mass is 35.5. The maximum absolute atomic E-state index is 12.9. The smallest absolute Gasteiger partial charge is 0.340 e. The third-order valence-electron chi connectivity index (χ3n) is 3.22. The van der Waals surface area contributed by atoms with Gasteiger partial charge in [-0.3, -0.25) is 4.98 Å². The minimum Gasteiger partial charge on any atom is -0.487 e. The number of hydrogen-bond donors (Lipinski definition) is 0. The van der Waals surface area contributed by atoms with Gasteiger partial charge in [0.1, 0.15) is 5.75 Å². The molecule has 20 heavy (non-hydrogen) atoms. The Morgan fingerprint density at radius 3 is 2.85 bits per heavy atom. The molecular formula is C13H14ClF4NO. The van der Waals surface area contributed by atoms with Gasteiger partial charge in [0.05, 0.1) is 11.1 Å². The van der Waals surface area contributed by atoms with Crippen LogP contribution in [0.5, 0.6) is 5.75 Å². The zero-order chi connectivity index (χ0) is 14.8. The summed E-state index contributed by atoms with van der Waals surface area (Å²) in [5.74, 6) is -4.00. The fraction of sp³-hybridized carbons (Fsp3) is 0.615. The third-order valence-corrected chi connectivity index (χ3v) is 3.64. The van der Waals surface area contributed by atoms with E-state index in [0.29, 0.717) is 17.7 Å². The Bertz CT molecular complexity index is 470. The van der Waals surface area contributed by atoms with Gasteiger partial charge in [-0.25, -0.2) is 8.78 Å². The van der Waals surface area contributed by atoms with Crippen LogP contribution < -0.4 is 4.74 Å². The monoisotopic (exact) mass is 311 g/mol. The fourth-order valence-corrected chi connectivity index (χ4v) is 2.49. The number of nitrogens with zero attached hydrogens (tertiary/aromatic N) is 1. The van der Waals surface area contributed by atoms with Crippen LogP contribution in [0.1, 0.15) is 35.9 Å². The molecule has 7 heteroatoms. The zero-order valence-electron chi connectivity index (χ0n) is 10.6. The highest BCUT2D eigenvalue weighted by Crippen LogP contribution is 2.36. The molecule has 0 aromatic carbocycles. The molecule has 1 atom stereocenters. The summed E-state index contributed by atoms with van der Waals surface area (Å²) >= 11 is 6.18. The molecule has 1 aliphatic rings. The lowest BCUT2D eigenvalue weighted by atomic mass is 10.1. The maximum atomic E-state index is 12.9. The van der Waals surface area contributed by atoms with Gasteiger partial charge in [0, 0.05) is 11.8 Å². The van der Waals surface area contributed by atoms with Crippen LogP contribution in [0.15, 0.2) is 12.3 Å². The van der Waals surface area contributed by atoms with Crippen molar-refractivity contribution in [3.8, 4) is 5.75 Å². The van der Waals surface area contributed by atoms with Gasteiger partial charge in [-0.2, -0.15) is 8.78 Å². The predicted molar refractivity (Wildman–Crippen MR) is 66.8 cm³/mol. The first-order valence-corrected chi connectivity index (χ1v) is 6.76. The molecular weight excluding hydrogens is 298 g/mol. The lowest BCUT2D eigenvalue weighted by Gasteiger charge is -2.19. The van der Waals surface area contributed by atoms with Gasteiger partial charge in [0.25, 0.3) is 0 Å². The first-order chi connectivity index (χ1) is 9.42. The molecule has 0 aliphatic heterocycles. The Hall–Kier alpha value is -1.04. The first-order valence-electron chi connectivity index (χ1n) is 6.32. The van der Waals surface area contributed by atoms with Crippen molar-refractivity contribution in [3.63, 3.8) is 0 Å². The molecule has 112 valence electrons. The minimum absolute atomic E-state index is 0.169. The van der Waals surface area contributed by atoms with E-state index < -0.39 is 19.0 Å². The summed E-state index contributed by atoms with van der Waals surface area (Å²) in [6, 6.07) is 1.41. The summed E-state index contributed by atoms with van der Waals surface area (Å²) in [6.07, 6.45) is 0.736. The van der Waals surface area contributed by atoms with Gasteiger partial charge in [0.2, 0.25) is 0 Å². The van der Waals surface area contributed by atoms with E-state index in [4.69, 9.17) is 16.3 Å². The Morgan fingerprint density at radius 2 is 2.15 bits per heavy atom. The predicted octanol–water partition coefficient (Wildman–Crippen LogP) is 4.37. The number of rotatable bonds is 4. The Labute approximate surface area is 119 Å². The van der Waals surface area contributed by atoms with Crippen LogP contribution in [0.25, 0.3) is 0 Å². The lowest BCUT2D eigenvalue weighted by molar-refractivity contribution is -0.148. The van der Waals surface area contributed by atoms with Crippen molar-refractivity contribution in [2.24, 2.45) is 0 Å². The topological polar surface area (TPSA) is 22.1 Å². The van der Waals surface area contributed by atoms with Crippen molar-refractivity contribution in [1.82, 2.24) is 4.98 Å². The zero-order valence-corrected chi connectivity index (χ0v) is 11.3. The van der Waals surface area contributed by atoms with Crippen molar-refractivity contribution in [3.05, 3.63) is 23.5 Å². The second-order valence-electron chi connectivity index (χ2n) is 4.74. The highest BCUT2D eigenvalue weighted by Gasteiger charge is 2.42. The van der Waals surface area contributed by atoms with Crippen LogP contribution in [0.4, 0.5) is 17.6 Å². The molecule has 1 unspecified atom stereocenters. The molecule has 2 rings (SSSR count). The Balaban J connectivity index is 2.19. The molecule has 1 aromatic rings. The molecule has 1 aliphatic carbocycles. The molecule has 0 N–H and O–H groups in total. The van der Waals surface area contributed by atoms with Crippen LogP contribution in [0.2, 0.25) is 0 Å². The second kappa shape index (κ2) is 6.16. The molecule has 0 radical (unpaired) electrons. The second-order valence-corrected chi connectivity index (χ2v) is 5.26. The van der Waals surface area contributed by atoms with E-state index in [1.807, 2.05) is 0 Å². The van der Waals surface area contributed by atoms with E-state index in [9.17, 15) is 17.6 Å². The van der Waals surface area contributed by atoms with Gasteiger partial charge in [0.15, 0.2) is 6.61 Å². The average molecular weight is 312 g/mol. The summed E-state index contributed by atoms with van der Waals surface area (Å²) in [7, 11) is 0. The quantitative estimate of drug-likeness (QED) is 0.468. The summed E-state index contributed by atoms with van der Waals surface area (Å²) in [4.78, 5) is 4.15. The SMILES string of the molecule is FC(F)C(F)(F)COc1ccnc2c1CCCCC2Cl. The highest BCUT2D eigenvalue weighted by molar-refractivity contribution is 6.20. The number of pyridine rings is 1. The van der Waals surface area contributed by atoms with Crippen molar-refractivity contribution < 1.29 is 22.3 Å². The Kier molecular flexibility index (Phi) is 4.73. The van der Waals surface area contributed by atoms with E-state index in [0.717, 1.165) is 19.3 Å². The van der Waals surface area contributed by atoms with Gasteiger partial charge in [-0.1, -0.05) is 6.42 Å². The average Bonchev–Trinajstić information content (AvgIpc) is 2.59. The molecule has 2 nitrogen and oxygen atoms in total. The molecule has 0 amide bonds. The summed E-state index contributed by atoms with van der Waals surface area (Å²) in [5, 5.41) is -0.299. The van der Waals surface area contributed by atoms with Crippen LogP contribution in [0, 0.1) is 0 Å². The van der Waals surface area contributed by atoms with E-state index in [1.165, 1.54) is 12.3 Å². The number of fused-ring (bicyclic) bond motifs is 1. The van der Waals surface area contributed by atoms with Crippen LogP contribution in [0.3, 0.4) is 0 Å². The van der Waals surface area contributed by atoms with Gasteiger partial charge >= 0.3 is 12.3 Å². The number of hydrogen-bond acceptors (Lipinski definition) is 2. The molecule has 0 saturated heterocycles. The molecule has 1 aromatic heterocycles. The minimum atomic E-state index is -4.17. The lowest BCUT2D eigenvalue weighted by Crippen LogP contribution is -2.34. The first kappa shape index (κ1) is 15.4. The van der Waals surface area contributed by atoms with Crippen molar-refractivity contribution in [2.45, 2.75) is 43.4 Å². The van der Waals surface area contributed by atoms with Crippen LogP contribution in [-0.2, 0) is 6.42 Å². The molecule has 0 fully saturated rings. The van der Waals surface area contributed by atoms with Gasteiger partial charge in [-0.15, -0.1) is 11.6 Å².